The molecule has 0 radical (unpaired) electrons. The molecule has 0 saturated carbocycles. The highest BCUT2D eigenvalue weighted by Crippen LogP contribution is 2.47. The molecule has 0 aliphatic carbocycles. The molecule has 1 aromatic rings. The molecular formula is C11H12F4O2. The number of hydrogen-bond acceptors (Lipinski definition) is 2. The molecule has 6 heteroatoms. The number of ether oxygens (including phenoxy) is 1. The summed E-state index contributed by atoms with van der Waals surface area (Å²) in [6, 6.07) is 6.73. The van der Waals surface area contributed by atoms with E-state index in [2.05, 4.69) is 4.74 Å². The van der Waals surface area contributed by atoms with Crippen molar-refractivity contribution in [3.05, 3.63) is 35.9 Å². The van der Waals surface area contributed by atoms with E-state index in [0.717, 1.165) is 6.92 Å². The third kappa shape index (κ3) is 2.14. The molecule has 0 amide bonds. The molecule has 1 N–H and O–H groups in total. The maximum Gasteiger partial charge on any atom is 0.451 e. The first-order valence-corrected chi connectivity index (χ1v) is 4.75. The Morgan fingerprint density at radius 2 is 1.53 bits per heavy atom. The average molecular weight is 252 g/mol. The van der Waals surface area contributed by atoms with Gasteiger partial charge in [-0.05, 0) is 12.5 Å². The lowest BCUT2D eigenvalue weighted by atomic mass is 9.87. The van der Waals surface area contributed by atoms with Gasteiger partial charge in [0.15, 0.2) is 5.60 Å². The van der Waals surface area contributed by atoms with Gasteiger partial charge in [0.25, 0.3) is 0 Å². The van der Waals surface area contributed by atoms with Gasteiger partial charge in [0, 0.05) is 7.11 Å². The lowest BCUT2D eigenvalue weighted by molar-refractivity contribution is -0.382. The molecule has 1 rings (SSSR count). The van der Waals surface area contributed by atoms with Crippen molar-refractivity contribution in [2.75, 3.05) is 7.11 Å². The monoisotopic (exact) mass is 252 g/mol. The second kappa shape index (κ2) is 4.27. The minimum Gasteiger partial charge on any atom is -0.379 e. The molecule has 0 aliphatic rings. The zero-order chi connectivity index (χ0) is 13.3. The zero-order valence-corrected chi connectivity index (χ0v) is 9.25. The number of alkyl halides is 4. The number of aliphatic hydroxyl groups is 1. The van der Waals surface area contributed by atoms with Gasteiger partial charge in [-0.15, -0.1) is 0 Å². The summed E-state index contributed by atoms with van der Waals surface area (Å²) in [5, 5.41) is 9.82. The first kappa shape index (κ1) is 13.9. The van der Waals surface area contributed by atoms with Crippen LogP contribution in [0.25, 0.3) is 0 Å². The molecule has 2 unspecified atom stereocenters. The quantitative estimate of drug-likeness (QED) is 0.838. The van der Waals surface area contributed by atoms with Crippen LogP contribution in [0, 0.1) is 0 Å². The molecule has 0 aromatic heterocycles. The van der Waals surface area contributed by atoms with Gasteiger partial charge in [-0.1, -0.05) is 30.3 Å². The number of halogens is 4. The smallest absolute Gasteiger partial charge is 0.379 e. The summed E-state index contributed by atoms with van der Waals surface area (Å²) in [6.07, 6.45) is -5.35. The van der Waals surface area contributed by atoms with Crippen molar-refractivity contribution in [3.63, 3.8) is 0 Å². The molecule has 0 saturated heterocycles. The molecule has 0 fully saturated rings. The summed E-state index contributed by atoms with van der Waals surface area (Å²) in [6.45, 7) is 0.722. The summed E-state index contributed by atoms with van der Waals surface area (Å²) in [5.74, 6) is -4.17. The highest BCUT2D eigenvalue weighted by molar-refractivity contribution is 5.25. The Morgan fingerprint density at radius 1 is 1.06 bits per heavy atom. The molecule has 0 aliphatic heterocycles. The predicted octanol–water partition coefficient (Wildman–Crippen LogP) is 2.77. The zero-order valence-electron chi connectivity index (χ0n) is 9.25. The number of methoxy groups -OCH3 is 1. The van der Waals surface area contributed by atoms with Crippen molar-refractivity contribution in [2.24, 2.45) is 0 Å². The molecule has 0 heterocycles. The lowest BCUT2D eigenvalue weighted by Crippen LogP contribution is -2.57. The van der Waals surface area contributed by atoms with Gasteiger partial charge in [-0.2, -0.15) is 17.6 Å². The highest BCUT2D eigenvalue weighted by atomic mass is 19.4. The van der Waals surface area contributed by atoms with Crippen LogP contribution >= 0.6 is 0 Å². The molecule has 2 atom stereocenters. The fourth-order valence-corrected chi connectivity index (χ4v) is 1.54. The van der Waals surface area contributed by atoms with Crippen LogP contribution in [-0.2, 0) is 10.3 Å². The van der Waals surface area contributed by atoms with Gasteiger partial charge in [-0.3, -0.25) is 0 Å². The van der Waals surface area contributed by atoms with Gasteiger partial charge >= 0.3 is 12.0 Å². The van der Waals surface area contributed by atoms with Crippen LogP contribution in [0.1, 0.15) is 12.5 Å². The van der Waals surface area contributed by atoms with Crippen molar-refractivity contribution in [1.82, 2.24) is 0 Å². The fraction of sp³-hybridized carbons (Fsp3) is 0.455. The van der Waals surface area contributed by atoms with Crippen LogP contribution in [0.5, 0.6) is 0 Å². The van der Waals surface area contributed by atoms with Crippen LogP contribution in [0.2, 0.25) is 0 Å². The summed E-state index contributed by atoms with van der Waals surface area (Å²) < 4.78 is 55.7. The Morgan fingerprint density at radius 3 is 1.88 bits per heavy atom. The van der Waals surface area contributed by atoms with E-state index < -0.39 is 17.6 Å². The highest BCUT2D eigenvalue weighted by Gasteiger charge is 2.68. The Bertz CT molecular complexity index is 375. The summed E-state index contributed by atoms with van der Waals surface area (Å²) in [5.41, 5.74) is -3.05. The second-order valence-corrected chi connectivity index (χ2v) is 3.74. The topological polar surface area (TPSA) is 29.5 Å². The van der Waals surface area contributed by atoms with E-state index >= 15 is 0 Å². The van der Waals surface area contributed by atoms with E-state index in [4.69, 9.17) is 0 Å². The Balaban J connectivity index is 3.29. The van der Waals surface area contributed by atoms with E-state index in [9.17, 15) is 22.7 Å². The van der Waals surface area contributed by atoms with E-state index in [1.54, 1.807) is 6.07 Å². The average Bonchev–Trinajstić information content (AvgIpc) is 2.27. The van der Waals surface area contributed by atoms with Crippen LogP contribution in [-0.4, -0.2) is 24.2 Å². The van der Waals surface area contributed by atoms with Crippen LogP contribution < -0.4 is 0 Å². The Kier molecular flexibility index (Phi) is 3.50. The third-order valence-corrected chi connectivity index (χ3v) is 2.61. The van der Waals surface area contributed by atoms with E-state index in [1.807, 2.05) is 0 Å². The number of hydrogen-bond donors (Lipinski definition) is 1. The second-order valence-electron chi connectivity index (χ2n) is 3.74. The van der Waals surface area contributed by atoms with Gasteiger partial charge < -0.3 is 9.84 Å². The van der Waals surface area contributed by atoms with E-state index in [1.165, 1.54) is 24.3 Å². The molecule has 2 nitrogen and oxygen atoms in total. The molecule has 0 bridgehead atoms. The van der Waals surface area contributed by atoms with E-state index in [-0.39, 0.29) is 5.56 Å². The summed E-state index contributed by atoms with van der Waals surface area (Å²) in [4.78, 5) is 0. The van der Waals surface area contributed by atoms with Crippen LogP contribution in [0.4, 0.5) is 17.6 Å². The van der Waals surface area contributed by atoms with Crippen molar-refractivity contribution in [2.45, 2.75) is 24.6 Å². The van der Waals surface area contributed by atoms with Crippen LogP contribution in [0.3, 0.4) is 0 Å². The van der Waals surface area contributed by atoms with Crippen molar-refractivity contribution in [3.8, 4) is 0 Å². The first-order valence-electron chi connectivity index (χ1n) is 4.75. The Labute approximate surface area is 95.8 Å². The van der Waals surface area contributed by atoms with Crippen molar-refractivity contribution >= 4 is 0 Å². The molecule has 0 spiro atoms. The van der Waals surface area contributed by atoms with E-state index in [0.29, 0.717) is 7.11 Å². The minimum absolute atomic E-state index is 0.221. The Hall–Kier alpha value is -1.14. The fourth-order valence-electron chi connectivity index (χ4n) is 1.54. The largest absolute Gasteiger partial charge is 0.451 e. The first-order chi connectivity index (χ1) is 7.67. The third-order valence-electron chi connectivity index (χ3n) is 2.61. The minimum atomic E-state index is -5.35. The molecule has 17 heavy (non-hydrogen) atoms. The predicted molar refractivity (Wildman–Crippen MR) is 52.9 cm³/mol. The van der Waals surface area contributed by atoms with Gasteiger partial charge in [0.2, 0.25) is 0 Å². The maximum atomic E-state index is 13.9. The SMILES string of the molecule is COC(F)(C(F)(F)F)C(C)(O)c1ccccc1. The summed E-state index contributed by atoms with van der Waals surface area (Å²) >= 11 is 0. The maximum absolute atomic E-state index is 13.9. The normalized spacial score (nSPS) is 19.5. The van der Waals surface area contributed by atoms with Crippen LogP contribution in [0.15, 0.2) is 30.3 Å². The lowest BCUT2D eigenvalue weighted by Gasteiger charge is -2.38. The summed E-state index contributed by atoms with van der Waals surface area (Å²) in [7, 11) is 0.560. The molecule has 96 valence electrons. The van der Waals surface area contributed by atoms with Crippen molar-refractivity contribution < 1.29 is 27.4 Å². The van der Waals surface area contributed by atoms with Gasteiger partial charge in [-0.25, -0.2) is 0 Å². The van der Waals surface area contributed by atoms with Gasteiger partial charge in [0.05, 0.1) is 0 Å². The number of benzene rings is 1. The standard InChI is InChI=1S/C11H12F4O2/c1-9(16,8-6-4-3-5-7-8)10(12,17-2)11(13,14)15/h3-7,16H,1-2H3. The number of rotatable bonds is 3. The van der Waals surface area contributed by atoms with Crippen molar-refractivity contribution in [1.29, 1.82) is 0 Å². The van der Waals surface area contributed by atoms with Gasteiger partial charge in [0.1, 0.15) is 0 Å². The molecule has 1 aromatic carbocycles. The molecular weight excluding hydrogens is 240 g/mol.